The maximum absolute atomic E-state index is 12.5. The Morgan fingerprint density at radius 2 is 1.83 bits per heavy atom. The molecule has 1 atom stereocenters. The minimum atomic E-state index is -0.0736. The van der Waals surface area contributed by atoms with Gasteiger partial charge in [0.1, 0.15) is 0 Å². The highest BCUT2D eigenvalue weighted by atomic mass is 32.2. The number of benzene rings is 2. The van der Waals surface area contributed by atoms with E-state index >= 15 is 0 Å². The summed E-state index contributed by atoms with van der Waals surface area (Å²) in [4.78, 5) is 12.5. The summed E-state index contributed by atoms with van der Waals surface area (Å²) < 4.78 is 1.66. The summed E-state index contributed by atoms with van der Waals surface area (Å²) in [5.74, 6) is 1.02. The van der Waals surface area contributed by atoms with Crippen LogP contribution in [0.25, 0.3) is 5.69 Å². The van der Waals surface area contributed by atoms with E-state index in [1.165, 1.54) is 17.3 Å². The normalized spacial score (nSPS) is 12.2. The lowest BCUT2D eigenvalue weighted by Gasteiger charge is -2.15. The monoisotopic (exact) mass is 409 g/mol. The lowest BCUT2D eigenvalue weighted by molar-refractivity contribution is -0.113. The van der Waals surface area contributed by atoms with Gasteiger partial charge in [-0.25, -0.2) is 0 Å². The van der Waals surface area contributed by atoms with E-state index in [0.29, 0.717) is 17.0 Å². The first kappa shape index (κ1) is 21.0. The molecule has 2 aromatic carbocycles. The minimum Gasteiger partial charge on any atom is -0.325 e. The molecule has 1 aromatic heterocycles. The van der Waals surface area contributed by atoms with Gasteiger partial charge in [0, 0.05) is 5.69 Å². The van der Waals surface area contributed by atoms with Crippen LogP contribution in [0.15, 0.2) is 53.7 Å². The summed E-state index contributed by atoms with van der Waals surface area (Å²) in [7, 11) is 0. The predicted octanol–water partition coefficient (Wildman–Crippen LogP) is 5.03. The molecule has 0 radical (unpaired) electrons. The Bertz CT molecular complexity index is 952. The highest BCUT2D eigenvalue weighted by Gasteiger charge is 2.14. The molecule has 3 aromatic rings. The Kier molecular flexibility index (Phi) is 7.04. The van der Waals surface area contributed by atoms with Gasteiger partial charge in [0.25, 0.3) is 0 Å². The fourth-order valence-electron chi connectivity index (χ4n) is 3.01. The zero-order valence-electron chi connectivity index (χ0n) is 17.3. The van der Waals surface area contributed by atoms with Crippen molar-refractivity contribution in [2.45, 2.75) is 51.1 Å². The number of carbonyl (C=O) groups excluding carboxylic acids is 1. The quantitative estimate of drug-likeness (QED) is 0.528. The van der Waals surface area contributed by atoms with E-state index in [4.69, 9.17) is 0 Å². The molecule has 0 aliphatic rings. The van der Waals surface area contributed by atoms with E-state index in [-0.39, 0.29) is 11.7 Å². The van der Waals surface area contributed by atoms with Crippen molar-refractivity contribution >= 4 is 23.4 Å². The van der Waals surface area contributed by atoms with Crippen molar-refractivity contribution in [3.05, 3.63) is 59.7 Å². The van der Waals surface area contributed by atoms with Crippen molar-refractivity contribution in [1.82, 2.24) is 20.2 Å². The van der Waals surface area contributed by atoms with E-state index in [0.717, 1.165) is 23.4 Å². The largest absolute Gasteiger partial charge is 0.325 e. The molecule has 6 nitrogen and oxygen atoms in total. The van der Waals surface area contributed by atoms with Crippen LogP contribution in [-0.2, 0) is 4.79 Å². The SMILES string of the molecule is CC[C@H](C)c1ccccc1NC(=O)CSc1nnnn1-c1ccc(C(C)C)cc1. The Morgan fingerprint density at radius 3 is 2.52 bits per heavy atom. The van der Waals surface area contributed by atoms with Crippen LogP contribution >= 0.6 is 11.8 Å². The van der Waals surface area contributed by atoms with E-state index in [1.807, 2.05) is 30.3 Å². The molecular weight excluding hydrogens is 382 g/mol. The summed E-state index contributed by atoms with van der Waals surface area (Å²) in [5.41, 5.74) is 4.17. The molecule has 0 saturated carbocycles. The van der Waals surface area contributed by atoms with Crippen LogP contribution in [0.2, 0.25) is 0 Å². The molecule has 3 rings (SSSR count). The topological polar surface area (TPSA) is 72.7 Å². The van der Waals surface area contributed by atoms with E-state index in [1.54, 1.807) is 4.68 Å². The molecule has 0 aliphatic carbocycles. The first-order valence-electron chi connectivity index (χ1n) is 9.89. The number of hydrogen-bond donors (Lipinski definition) is 1. The first-order valence-corrected chi connectivity index (χ1v) is 10.9. The van der Waals surface area contributed by atoms with Crippen molar-refractivity contribution in [1.29, 1.82) is 0 Å². The molecule has 0 spiro atoms. The summed E-state index contributed by atoms with van der Waals surface area (Å²) >= 11 is 1.32. The fourth-order valence-corrected chi connectivity index (χ4v) is 3.70. The van der Waals surface area contributed by atoms with Gasteiger partial charge in [-0.3, -0.25) is 4.79 Å². The van der Waals surface area contributed by atoms with Crippen LogP contribution in [0.3, 0.4) is 0 Å². The molecule has 1 N–H and O–H groups in total. The maximum atomic E-state index is 12.5. The second-order valence-corrected chi connectivity index (χ2v) is 8.30. The van der Waals surface area contributed by atoms with Crippen molar-refractivity contribution in [3.63, 3.8) is 0 Å². The first-order chi connectivity index (χ1) is 14.0. The number of tetrazole rings is 1. The number of hydrogen-bond acceptors (Lipinski definition) is 5. The number of anilines is 1. The third kappa shape index (κ3) is 5.23. The van der Waals surface area contributed by atoms with Gasteiger partial charge in [0.15, 0.2) is 0 Å². The van der Waals surface area contributed by atoms with Gasteiger partial charge in [-0.05, 0) is 58.0 Å². The third-order valence-corrected chi connectivity index (χ3v) is 5.88. The van der Waals surface area contributed by atoms with Crippen LogP contribution in [-0.4, -0.2) is 31.9 Å². The summed E-state index contributed by atoms with van der Waals surface area (Å²) in [5, 5.41) is 15.5. The molecule has 0 bridgehead atoms. The van der Waals surface area contributed by atoms with Crippen LogP contribution in [0.5, 0.6) is 0 Å². The molecule has 1 amide bonds. The van der Waals surface area contributed by atoms with E-state index < -0.39 is 0 Å². The highest BCUT2D eigenvalue weighted by molar-refractivity contribution is 7.99. The smallest absolute Gasteiger partial charge is 0.234 e. The number of aromatic nitrogens is 4. The molecule has 0 unspecified atom stereocenters. The third-order valence-electron chi connectivity index (χ3n) is 4.96. The van der Waals surface area contributed by atoms with Gasteiger partial charge in [-0.15, -0.1) is 5.10 Å². The van der Waals surface area contributed by atoms with Crippen molar-refractivity contribution < 1.29 is 4.79 Å². The van der Waals surface area contributed by atoms with E-state index in [2.05, 4.69) is 66.7 Å². The van der Waals surface area contributed by atoms with Gasteiger partial charge in [-0.1, -0.05) is 69.8 Å². The number of nitrogens with zero attached hydrogens (tertiary/aromatic N) is 4. The zero-order valence-corrected chi connectivity index (χ0v) is 18.1. The second kappa shape index (κ2) is 9.69. The molecule has 7 heteroatoms. The standard InChI is InChI=1S/C22H27N5OS/c1-5-16(4)19-8-6-7-9-20(19)23-21(28)14-29-22-24-25-26-27(22)18-12-10-17(11-13-18)15(2)3/h6-13,15-16H,5,14H2,1-4H3,(H,23,28)/t16-/m0/s1. The molecular formula is C22H27N5OS. The number of carbonyl (C=O) groups is 1. The summed E-state index contributed by atoms with van der Waals surface area (Å²) in [6, 6.07) is 16.1. The van der Waals surface area contributed by atoms with Crippen molar-refractivity contribution in [3.8, 4) is 5.69 Å². The molecule has 0 fully saturated rings. The lowest BCUT2D eigenvalue weighted by atomic mass is 9.97. The van der Waals surface area contributed by atoms with Gasteiger partial charge in [0.05, 0.1) is 11.4 Å². The molecule has 1 heterocycles. The van der Waals surface area contributed by atoms with Crippen LogP contribution in [0.1, 0.15) is 57.1 Å². The number of amides is 1. The Labute approximate surface area is 176 Å². The Hall–Kier alpha value is -2.67. The average Bonchev–Trinajstić information content (AvgIpc) is 3.21. The number of para-hydroxylation sites is 1. The zero-order chi connectivity index (χ0) is 20.8. The lowest BCUT2D eigenvalue weighted by Crippen LogP contribution is -2.16. The highest BCUT2D eigenvalue weighted by Crippen LogP contribution is 2.27. The Morgan fingerprint density at radius 1 is 1.10 bits per heavy atom. The number of rotatable bonds is 8. The molecule has 29 heavy (non-hydrogen) atoms. The summed E-state index contributed by atoms with van der Waals surface area (Å²) in [6.45, 7) is 8.63. The van der Waals surface area contributed by atoms with Crippen LogP contribution in [0.4, 0.5) is 5.69 Å². The molecule has 0 aliphatic heterocycles. The van der Waals surface area contributed by atoms with Gasteiger partial charge >= 0.3 is 0 Å². The van der Waals surface area contributed by atoms with Gasteiger partial charge < -0.3 is 5.32 Å². The van der Waals surface area contributed by atoms with Crippen LogP contribution in [0, 0.1) is 0 Å². The molecule has 152 valence electrons. The predicted molar refractivity (Wildman–Crippen MR) is 118 cm³/mol. The number of thioether (sulfide) groups is 1. The van der Waals surface area contributed by atoms with Crippen molar-refractivity contribution in [2.75, 3.05) is 11.1 Å². The maximum Gasteiger partial charge on any atom is 0.234 e. The second-order valence-electron chi connectivity index (χ2n) is 7.35. The molecule has 0 saturated heterocycles. The minimum absolute atomic E-state index is 0.0736. The van der Waals surface area contributed by atoms with Gasteiger partial charge in [-0.2, -0.15) is 4.68 Å². The summed E-state index contributed by atoms with van der Waals surface area (Å²) in [6.07, 6.45) is 1.02. The van der Waals surface area contributed by atoms with Crippen molar-refractivity contribution in [2.24, 2.45) is 0 Å². The fraction of sp³-hybridized carbons (Fsp3) is 0.364. The number of nitrogens with one attached hydrogen (secondary N) is 1. The van der Waals surface area contributed by atoms with E-state index in [9.17, 15) is 4.79 Å². The average molecular weight is 410 g/mol. The van der Waals surface area contributed by atoms with Crippen LogP contribution < -0.4 is 5.32 Å². The Balaban J connectivity index is 1.66. The van der Waals surface area contributed by atoms with Gasteiger partial charge in [0.2, 0.25) is 11.1 Å².